The van der Waals surface area contributed by atoms with E-state index < -0.39 is 0 Å². The number of para-hydroxylation sites is 2. The molecular formula is C47H28N4O. The molecule has 3 aromatic heterocycles. The molecule has 8 aromatic carbocycles. The predicted molar refractivity (Wildman–Crippen MR) is 213 cm³/mol. The van der Waals surface area contributed by atoms with Crippen molar-refractivity contribution in [2.75, 3.05) is 0 Å². The van der Waals surface area contributed by atoms with Gasteiger partial charge < -0.3 is 8.98 Å². The van der Waals surface area contributed by atoms with Crippen LogP contribution in [-0.4, -0.2) is 19.5 Å². The van der Waals surface area contributed by atoms with Crippen LogP contribution in [-0.2, 0) is 0 Å². The van der Waals surface area contributed by atoms with Crippen LogP contribution in [0, 0.1) is 0 Å². The van der Waals surface area contributed by atoms with Gasteiger partial charge in [0.25, 0.3) is 0 Å². The maximum Gasteiger partial charge on any atom is 0.164 e. The quantitative estimate of drug-likeness (QED) is 0.188. The van der Waals surface area contributed by atoms with Crippen molar-refractivity contribution in [1.82, 2.24) is 19.5 Å². The second kappa shape index (κ2) is 11.2. The van der Waals surface area contributed by atoms with E-state index in [1.54, 1.807) is 0 Å². The van der Waals surface area contributed by atoms with E-state index in [2.05, 4.69) is 114 Å². The lowest BCUT2D eigenvalue weighted by Gasteiger charge is -2.16. The first-order valence-corrected chi connectivity index (χ1v) is 17.5. The fourth-order valence-corrected chi connectivity index (χ4v) is 7.86. The van der Waals surface area contributed by atoms with Gasteiger partial charge in [-0.15, -0.1) is 0 Å². The predicted octanol–water partition coefficient (Wildman–Crippen LogP) is 12.2. The van der Waals surface area contributed by atoms with Gasteiger partial charge in [0.05, 0.1) is 16.7 Å². The van der Waals surface area contributed by atoms with Crippen LogP contribution in [0.2, 0.25) is 0 Å². The molecule has 0 fully saturated rings. The summed E-state index contributed by atoms with van der Waals surface area (Å²) in [6.45, 7) is 0. The number of fused-ring (bicyclic) bond motifs is 9. The van der Waals surface area contributed by atoms with Gasteiger partial charge in [-0.25, -0.2) is 15.0 Å². The van der Waals surface area contributed by atoms with Crippen LogP contribution >= 0.6 is 0 Å². The lowest BCUT2D eigenvalue weighted by atomic mass is 10.0. The molecule has 0 atom stereocenters. The monoisotopic (exact) mass is 664 g/mol. The van der Waals surface area contributed by atoms with Crippen LogP contribution in [0.15, 0.2) is 174 Å². The van der Waals surface area contributed by atoms with Crippen LogP contribution in [0.4, 0.5) is 0 Å². The van der Waals surface area contributed by atoms with Gasteiger partial charge in [-0.1, -0.05) is 127 Å². The van der Waals surface area contributed by atoms with E-state index in [1.165, 1.54) is 32.6 Å². The average Bonchev–Trinajstić information content (AvgIpc) is 3.76. The van der Waals surface area contributed by atoms with Crippen molar-refractivity contribution in [1.29, 1.82) is 0 Å². The molecule has 5 heteroatoms. The minimum atomic E-state index is 0.609. The highest BCUT2D eigenvalue weighted by molar-refractivity contribution is 6.19. The van der Waals surface area contributed by atoms with Crippen molar-refractivity contribution in [3.8, 4) is 39.9 Å². The van der Waals surface area contributed by atoms with Gasteiger partial charge in [-0.2, -0.15) is 0 Å². The molecule has 3 heterocycles. The smallest absolute Gasteiger partial charge is 0.164 e. The number of rotatable bonds is 4. The SMILES string of the molecule is c1ccc(-c2nc(-c3ccc4oc5ccccc5c4c3)nc(-c3ccc(-n4c5ccccc5c5ccc6ccccc6c54)c4ccccc34)n2)cc1. The van der Waals surface area contributed by atoms with Crippen LogP contribution in [0.1, 0.15) is 0 Å². The van der Waals surface area contributed by atoms with Crippen LogP contribution in [0.25, 0.3) is 105 Å². The normalized spacial score (nSPS) is 11.8. The number of nitrogens with zero attached hydrogens (tertiary/aromatic N) is 4. The Kier molecular flexibility index (Phi) is 6.18. The van der Waals surface area contributed by atoms with E-state index in [9.17, 15) is 0 Å². The first kappa shape index (κ1) is 28.7. The lowest BCUT2D eigenvalue weighted by Crippen LogP contribution is -2.02. The Morgan fingerprint density at radius 1 is 0.385 bits per heavy atom. The zero-order valence-corrected chi connectivity index (χ0v) is 27.9. The topological polar surface area (TPSA) is 56.7 Å². The Balaban J connectivity index is 1.17. The summed E-state index contributed by atoms with van der Waals surface area (Å²) in [6, 6.07) is 59.2. The van der Waals surface area contributed by atoms with Gasteiger partial charge in [0, 0.05) is 49.0 Å². The Labute approximate surface area is 298 Å². The first-order chi connectivity index (χ1) is 25.8. The second-order valence-corrected chi connectivity index (χ2v) is 13.2. The second-order valence-electron chi connectivity index (χ2n) is 13.2. The molecule has 0 aliphatic carbocycles. The molecule has 52 heavy (non-hydrogen) atoms. The third kappa shape index (κ3) is 4.33. The molecule has 0 aliphatic rings. The summed E-state index contributed by atoms with van der Waals surface area (Å²) in [5.41, 5.74) is 7.95. The van der Waals surface area contributed by atoms with E-state index in [-0.39, 0.29) is 0 Å². The molecule has 0 N–H and O–H groups in total. The molecule has 0 spiro atoms. The van der Waals surface area contributed by atoms with Crippen molar-refractivity contribution in [2.45, 2.75) is 0 Å². The van der Waals surface area contributed by atoms with Crippen molar-refractivity contribution < 1.29 is 4.42 Å². The highest BCUT2D eigenvalue weighted by Crippen LogP contribution is 2.40. The zero-order valence-electron chi connectivity index (χ0n) is 27.9. The van der Waals surface area contributed by atoms with Crippen molar-refractivity contribution >= 4 is 65.3 Å². The Bertz CT molecular complexity index is 3190. The summed E-state index contributed by atoms with van der Waals surface area (Å²) < 4.78 is 8.57. The van der Waals surface area contributed by atoms with E-state index in [0.717, 1.165) is 55.1 Å². The molecule has 242 valence electrons. The minimum Gasteiger partial charge on any atom is -0.456 e. The van der Waals surface area contributed by atoms with E-state index in [4.69, 9.17) is 19.4 Å². The number of aromatic nitrogens is 4. The maximum atomic E-state index is 6.14. The molecule has 11 aromatic rings. The van der Waals surface area contributed by atoms with Gasteiger partial charge in [0.1, 0.15) is 11.2 Å². The highest BCUT2D eigenvalue weighted by Gasteiger charge is 2.20. The molecule has 11 rings (SSSR count). The summed E-state index contributed by atoms with van der Waals surface area (Å²) in [7, 11) is 0. The molecule has 0 bridgehead atoms. The summed E-state index contributed by atoms with van der Waals surface area (Å²) in [5, 5.41) is 9.19. The maximum absolute atomic E-state index is 6.14. The van der Waals surface area contributed by atoms with Crippen LogP contribution in [0.3, 0.4) is 0 Å². The van der Waals surface area contributed by atoms with E-state index in [1.807, 2.05) is 60.7 Å². The molecule has 0 radical (unpaired) electrons. The fourth-order valence-electron chi connectivity index (χ4n) is 7.86. The summed E-state index contributed by atoms with van der Waals surface area (Å²) in [5.74, 6) is 1.86. The third-order valence-corrected chi connectivity index (χ3v) is 10.2. The van der Waals surface area contributed by atoms with Gasteiger partial charge in [0.2, 0.25) is 0 Å². The van der Waals surface area contributed by atoms with Crippen molar-refractivity contribution in [3.63, 3.8) is 0 Å². The van der Waals surface area contributed by atoms with Gasteiger partial charge in [0.15, 0.2) is 17.5 Å². The first-order valence-electron chi connectivity index (χ1n) is 17.5. The van der Waals surface area contributed by atoms with Crippen molar-refractivity contribution in [2.24, 2.45) is 0 Å². The third-order valence-electron chi connectivity index (χ3n) is 10.2. The highest BCUT2D eigenvalue weighted by atomic mass is 16.3. The Morgan fingerprint density at radius 2 is 1.04 bits per heavy atom. The number of furan rings is 1. The zero-order chi connectivity index (χ0) is 34.2. The fraction of sp³-hybridized carbons (Fsp3) is 0. The minimum absolute atomic E-state index is 0.609. The largest absolute Gasteiger partial charge is 0.456 e. The van der Waals surface area contributed by atoms with Gasteiger partial charge in [-0.05, 0) is 53.2 Å². The number of benzene rings is 8. The van der Waals surface area contributed by atoms with Gasteiger partial charge in [-0.3, -0.25) is 0 Å². The van der Waals surface area contributed by atoms with Crippen LogP contribution < -0.4 is 0 Å². The molecule has 0 aliphatic heterocycles. The Hall–Kier alpha value is -7.11. The molecular weight excluding hydrogens is 637 g/mol. The average molecular weight is 665 g/mol. The van der Waals surface area contributed by atoms with E-state index in [0.29, 0.717) is 17.5 Å². The summed E-state index contributed by atoms with van der Waals surface area (Å²) in [6.07, 6.45) is 0. The standard InChI is InChI=1S/C47H28N4O/c1-2-13-30(14-3-1)45-48-46(31-23-27-43-39(28-31)36-19-9-11-21-42(36)52-43)50-47(49-45)38-25-26-41(34-17-7-6-16-33(34)38)51-40-20-10-8-18-35(40)37-24-22-29-12-4-5-15-32(29)44(37)51/h1-28H. The number of hydrogen-bond donors (Lipinski definition) is 0. The number of hydrogen-bond acceptors (Lipinski definition) is 4. The van der Waals surface area contributed by atoms with Crippen molar-refractivity contribution in [3.05, 3.63) is 170 Å². The lowest BCUT2D eigenvalue weighted by molar-refractivity contribution is 0.669. The Morgan fingerprint density at radius 3 is 1.90 bits per heavy atom. The summed E-state index contributed by atoms with van der Waals surface area (Å²) >= 11 is 0. The van der Waals surface area contributed by atoms with E-state index >= 15 is 0 Å². The van der Waals surface area contributed by atoms with Gasteiger partial charge >= 0.3 is 0 Å². The molecule has 0 saturated heterocycles. The molecule has 0 amide bonds. The molecule has 0 saturated carbocycles. The summed E-state index contributed by atoms with van der Waals surface area (Å²) in [4.78, 5) is 15.4. The molecule has 5 nitrogen and oxygen atoms in total. The molecule has 0 unspecified atom stereocenters. The van der Waals surface area contributed by atoms with Crippen LogP contribution in [0.5, 0.6) is 0 Å².